The zero-order chi connectivity index (χ0) is 40.0. The Morgan fingerprint density at radius 3 is 1.61 bits per heavy atom. The molecule has 1 unspecified atom stereocenters. The van der Waals surface area contributed by atoms with Crippen LogP contribution >= 0.6 is 7.82 Å². The van der Waals surface area contributed by atoms with Gasteiger partial charge in [-0.25, -0.2) is 0 Å². The fraction of sp³-hybridized carbons (Fsp3) is 0.667. The molecule has 0 aromatic heterocycles. The topological polar surface area (TPSA) is 108 Å². The number of hydrogen-bond acceptors (Lipinski definition) is 6. The van der Waals surface area contributed by atoms with E-state index in [0.717, 1.165) is 57.8 Å². The maximum Gasteiger partial charge on any atom is 0.268 e. The van der Waals surface area contributed by atoms with Crippen LogP contribution in [0.3, 0.4) is 0 Å². The first-order valence-corrected chi connectivity index (χ1v) is 22.4. The van der Waals surface area contributed by atoms with Crippen LogP contribution in [0.15, 0.2) is 85.1 Å². The summed E-state index contributed by atoms with van der Waals surface area (Å²) in [5.41, 5.74) is 0. The first kappa shape index (κ1) is 51.7. The highest BCUT2D eigenvalue weighted by molar-refractivity contribution is 7.45. The molecule has 0 heterocycles. The van der Waals surface area contributed by atoms with Crippen LogP contribution in [0.5, 0.6) is 0 Å². The fourth-order valence-corrected chi connectivity index (χ4v) is 6.01. The van der Waals surface area contributed by atoms with Gasteiger partial charge in [0, 0.05) is 6.42 Å². The third kappa shape index (κ3) is 38.0. The number of carbonyl (C=O) groups excluding carboxylic acids is 1. The van der Waals surface area contributed by atoms with E-state index >= 15 is 0 Å². The van der Waals surface area contributed by atoms with Gasteiger partial charge in [-0.1, -0.05) is 163 Å². The number of hydrogen-bond donors (Lipinski definition) is 2. The minimum absolute atomic E-state index is 0.0192. The highest BCUT2D eigenvalue weighted by Gasteiger charge is 2.23. The first-order chi connectivity index (χ1) is 26.0. The lowest BCUT2D eigenvalue weighted by Crippen LogP contribution is -2.45. The first-order valence-electron chi connectivity index (χ1n) is 20.9. The van der Waals surface area contributed by atoms with Gasteiger partial charge in [0.1, 0.15) is 13.2 Å². The zero-order valence-electron chi connectivity index (χ0n) is 34.9. The summed E-state index contributed by atoms with van der Waals surface area (Å²) in [6.07, 6.45) is 49.2. The van der Waals surface area contributed by atoms with Crippen molar-refractivity contribution in [1.82, 2.24) is 5.32 Å². The molecule has 0 aliphatic rings. The van der Waals surface area contributed by atoms with Crippen LogP contribution in [0.2, 0.25) is 0 Å². The maximum atomic E-state index is 12.8. The Bertz CT molecular complexity index is 1150. The Labute approximate surface area is 331 Å². The van der Waals surface area contributed by atoms with E-state index in [2.05, 4.69) is 79.9 Å². The molecule has 0 aromatic carbocycles. The van der Waals surface area contributed by atoms with Crippen molar-refractivity contribution in [3.05, 3.63) is 85.1 Å². The number of aliphatic hydroxyl groups is 1. The smallest absolute Gasteiger partial charge is 0.268 e. The predicted octanol–water partition coefficient (Wildman–Crippen LogP) is 10.8. The number of phosphoric ester groups is 1. The van der Waals surface area contributed by atoms with Gasteiger partial charge in [-0.05, 0) is 57.8 Å². The lowest BCUT2D eigenvalue weighted by molar-refractivity contribution is -0.870. The van der Waals surface area contributed by atoms with E-state index in [-0.39, 0.29) is 18.9 Å². The molecule has 0 saturated heterocycles. The summed E-state index contributed by atoms with van der Waals surface area (Å²) in [7, 11) is 1.20. The van der Waals surface area contributed by atoms with E-state index in [1.165, 1.54) is 57.8 Å². The standard InChI is InChI=1S/C45H79N2O6P/c1-6-8-10-12-14-16-18-20-21-22-23-24-25-27-29-31-33-35-37-39-45(49)46-43(42-53-54(50,51)52-41-40-47(3,4)5)44(48)38-36-34-32-30-28-26-19-17-15-13-11-9-7-2/h8,10,14,16,20-21,23-24,27,29,33,35-36,38,43-44,48H,6-7,9,11-13,15,17-19,22,25-26,28,30-32,34,37,39-42H2,1-5H3,(H-,46,49,50,51)/b10-8-,16-14-,21-20-,24-23-,29-27-,35-33-,38-36+/t43-,44+/m1/s1. The fourth-order valence-electron chi connectivity index (χ4n) is 5.29. The van der Waals surface area contributed by atoms with Gasteiger partial charge in [-0.15, -0.1) is 0 Å². The number of quaternary nitrogens is 1. The van der Waals surface area contributed by atoms with Crippen LogP contribution in [-0.4, -0.2) is 68.5 Å². The van der Waals surface area contributed by atoms with Gasteiger partial charge in [0.15, 0.2) is 0 Å². The number of rotatable bonds is 36. The molecule has 3 atom stereocenters. The molecule has 0 spiro atoms. The van der Waals surface area contributed by atoms with Gasteiger partial charge in [-0.3, -0.25) is 9.36 Å². The number of amides is 1. The Morgan fingerprint density at radius 1 is 0.667 bits per heavy atom. The van der Waals surface area contributed by atoms with Gasteiger partial charge in [0.05, 0.1) is 39.9 Å². The van der Waals surface area contributed by atoms with E-state index in [1.807, 2.05) is 39.4 Å². The number of phosphoric acid groups is 1. The highest BCUT2D eigenvalue weighted by atomic mass is 31.2. The molecule has 0 saturated carbocycles. The quantitative estimate of drug-likeness (QED) is 0.0284. The largest absolute Gasteiger partial charge is 0.756 e. The Hall–Kier alpha value is -2.32. The summed E-state index contributed by atoms with van der Waals surface area (Å²) in [6.45, 7) is 4.43. The van der Waals surface area contributed by atoms with E-state index in [9.17, 15) is 19.4 Å². The zero-order valence-corrected chi connectivity index (χ0v) is 35.8. The van der Waals surface area contributed by atoms with Gasteiger partial charge < -0.3 is 28.8 Å². The number of allylic oxidation sites excluding steroid dienone is 13. The van der Waals surface area contributed by atoms with Crippen molar-refractivity contribution >= 4 is 13.7 Å². The third-order valence-electron chi connectivity index (χ3n) is 8.62. The molecule has 54 heavy (non-hydrogen) atoms. The van der Waals surface area contributed by atoms with Crippen molar-refractivity contribution in [2.75, 3.05) is 40.9 Å². The van der Waals surface area contributed by atoms with Gasteiger partial charge in [0.25, 0.3) is 7.82 Å². The minimum atomic E-state index is -4.61. The molecule has 0 aliphatic heterocycles. The van der Waals surface area contributed by atoms with Crippen LogP contribution in [0.4, 0.5) is 0 Å². The molecule has 0 rings (SSSR count). The molecule has 8 nitrogen and oxygen atoms in total. The van der Waals surface area contributed by atoms with Crippen molar-refractivity contribution in [3.8, 4) is 0 Å². The summed E-state index contributed by atoms with van der Waals surface area (Å²) < 4.78 is 23.1. The van der Waals surface area contributed by atoms with Gasteiger partial charge in [-0.2, -0.15) is 0 Å². The number of aliphatic hydroxyl groups excluding tert-OH is 1. The van der Waals surface area contributed by atoms with Crippen LogP contribution in [0, 0.1) is 0 Å². The van der Waals surface area contributed by atoms with Crippen molar-refractivity contribution < 1.29 is 32.9 Å². The lowest BCUT2D eigenvalue weighted by atomic mass is 10.0. The SMILES string of the molecule is CC/C=C\C/C=C\C/C=C\C/C=C\C/C=C\C/C=C\CCC(=O)N[C@H](COP(=O)([O-])OCC[N+](C)(C)C)[C@@H](O)/C=C/CCCCCCCCCCCCC. The van der Waals surface area contributed by atoms with Crippen molar-refractivity contribution in [2.24, 2.45) is 0 Å². The van der Waals surface area contributed by atoms with E-state index in [1.54, 1.807) is 6.08 Å². The van der Waals surface area contributed by atoms with Crippen LogP contribution in [0.25, 0.3) is 0 Å². The second-order valence-electron chi connectivity index (χ2n) is 15.0. The average Bonchev–Trinajstić information content (AvgIpc) is 3.12. The molecular weight excluding hydrogens is 695 g/mol. The Kier molecular flexibility index (Phi) is 34.8. The van der Waals surface area contributed by atoms with Gasteiger partial charge in [0.2, 0.25) is 5.91 Å². The Morgan fingerprint density at radius 2 is 1.13 bits per heavy atom. The second kappa shape index (κ2) is 36.3. The molecule has 9 heteroatoms. The average molecular weight is 775 g/mol. The number of carbonyl (C=O) groups is 1. The maximum absolute atomic E-state index is 12.8. The molecule has 0 aliphatic carbocycles. The molecule has 0 bridgehead atoms. The number of nitrogens with zero attached hydrogens (tertiary/aromatic N) is 1. The van der Waals surface area contributed by atoms with Crippen molar-refractivity contribution in [1.29, 1.82) is 0 Å². The summed E-state index contributed by atoms with van der Waals surface area (Å²) in [6, 6.07) is -0.930. The number of nitrogens with one attached hydrogen (secondary N) is 1. The highest BCUT2D eigenvalue weighted by Crippen LogP contribution is 2.38. The summed E-state index contributed by atoms with van der Waals surface area (Å²) >= 11 is 0. The molecule has 0 aromatic rings. The monoisotopic (exact) mass is 775 g/mol. The molecule has 310 valence electrons. The number of unbranched alkanes of at least 4 members (excludes halogenated alkanes) is 11. The Balaban J connectivity index is 4.63. The predicted molar refractivity (Wildman–Crippen MR) is 228 cm³/mol. The number of likely N-dealkylation sites (N-methyl/N-ethyl adjacent to an activating group) is 1. The van der Waals surface area contributed by atoms with E-state index in [0.29, 0.717) is 17.4 Å². The van der Waals surface area contributed by atoms with Crippen LogP contribution in [0.1, 0.15) is 142 Å². The van der Waals surface area contributed by atoms with Crippen molar-refractivity contribution in [3.63, 3.8) is 0 Å². The van der Waals surface area contributed by atoms with Crippen LogP contribution < -0.4 is 10.2 Å². The minimum Gasteiger partial charge on any atom is -0.756 e. The summed E-state index contributed by atoms with van der Waals surface area (Å²) in [4.78, 5) is 25.2. The lowest BCUT2D eigenvalue weighted by Gasteiger charge is -2.29. The third-order valence-corrected chi connectivity index (χ3v) is 9.59. The molecule has 1 amide bonds. The summed E-state index contributed by atoms with van der Waals surface area (Å²) in [5, 5.41) is 13.7. The molecule has 0 radical (unpaired) electrons. The second-order valence-corrected chi connectivity index (χ2v) is 16.4. The van der Waals surface area contributed by atoms with Crippen LogP contribution in [-0.2, 0) is 18.4 Å². The summed E-state index contributed by atoms with van der Waals surface area (Å²) in [5.74, 6) is -0.285. The normalized spacial score (nSPS) is 15.3. The van der Waals surface area contributed by atoms with E-state index in [4.69, 9.17) is 9.05 Å². The molecular formula is C45H79N2O6P. The van der Waals surface area contributed by atoms with Gasteiger partial charge >= 0.3 is 0 Å². The molecule has 0 fully saturated rings. The van der Waals surface area contributed by atoms with Crippen molar-refractivity contribution in [2.45, 2.75) is 154 Å². The van der Waals surface area contributed by atoms with E-state index < -0.39 is 26.6 Å². The molecule has 2 N–H and O–H groups in total.